The number of aliphatic hydroxyl groups excluding tert-OH is 1. The van der Waals surface area contributed by atoms with E-state index in [0.29, 0.717) is 27.6 Å². The van der Waals surface area contributed by atoms with Crippen LogP contribution >= 0.6 is 0 Å². The van der Waals surface area contributed by atoms with Gasteiger partial charge < -0.3 is 9.84 Å². The van der Waals surface area contributed by atoms with Crippen molar-refractivity contribution < 1.29 is 23.0 Å². The van der Waals surface area contributed by atoms with Crippen LogP contribution in [-0.2, 0) is 0 Å². The number of hydrogen-bond donors (Lipinski definition) is 1. The standard InChI is InChI=1S/C21H13F3O2/c22-21(23,24)19-13-7-3-1-5-11(13)16-12-6-2-4-8-14(12)20-17(18(16)19)15(25)9-10-26-20/h1-9,19,25H,10H2. The van der Waals surface area contributed by atoms with E-state index in [1.807, 2.05) is 18.2 Å². The van der Waals surface area contributed by atoms with Crippen LogP contribution in [0.1, 0.15) is 22.6 Å². The van der Waals surface area contributed by atoms with Gasteiger partial charge in [0.15, 0.2) is 0 Å². The monoisotopic (exact) mass is 354 g/mol. The number of hydrogen-bond acceptors (Lipinski definition) is 2. The molecule has 2 aliphatic rings. The quantitative estimate of drug-likeness (QED) is 0.552. The van der Waals surface area contributed by atoms with Crippen LogP contribution < -0.4 is 4.74 Å². The first kappa shape index (κ1) is 15.3. The van der Waals surface area contributed by atoms with Gasteiger partial charge in [0.25, 0.3) is 0 Å². The minimum Gasteiger partial charge on any atom is -0.507 e. The van der Waals surface area contributed by atoms with Gasteiger partial charge >= 0.3 is 6.18 Å². The largest absolute Gasteiger partial charge is 0.507 e. The molecule has 1 atom stereocenters. The van der Waals surface area contributed by atoms with E-state index in [4.69, 9.17) is 4.74 Å². The molecule has 2 nitrogen and oxygen atoms in total. The van der Waals surface area contributed by atoms with Crippen molar-refractivity contribution in [2.45, 2.75) is 12.1 Å². The van der Waals surface area contributed by atoms with Gasteiger partial charge in [-0.15, -0.1) is 0 Å². The van der Waals surface area contributed by atoms with Crippen molar-refractivity contribution >= 4 is 16.5 Å². The number of halogens is 3. The van der Waals surface area contributed by atoms with Gasteiger partial charge in [-0.2, -0.15) is 13.2 Å². The summed E-state index contributed by atoms with van der Waals surface area (Å²) in [6, 6.07) is 13.8. The first-order valence-corrected chi connectivity index (χ1v) is 8.25. The van der Waals surface area contributed by atoms with E-state index in [9.17, 15) is 18.3 Å². The van der Waals surface area contributed by atoms with Crippen molar-refractivity contribution in [1.82, 2.24) is 0 Å². The molecular weight excluding hydrogens is 341 g/mol. The molecule has 5 rings (SSSR count). The number of fused-ring (bicyclic) bond motifs is 8. The summed E-state index contributed by atoms with van der Waals surface area (Å²) in [6.45, 7) is 0.130. The molecule has 0 spiro atoms. The molecule has 0 aromatic heterocycles. The molecule has 3 aromatic carbocycles. The van der Waals surface area contributed by atoms with Crippen molar-refractivity contribution in [2.75, 3.05) is 6.61 Å². The Bertz CT molecular complexity index is 1100. The fourth-order valence-corrected chi connectivity index (χ4v) is 4.19. The molecule has 5 heteroatoms. The topological polar surface area (TPSA) is 29.5 Å². The lowest BCUT2D eigenvalue weighted by atomic mass is 9.87. The maximum Gasteiger partial charge on any atom is 0.399 e. The number of aliphatic hydroxyl groups is 1. The van der Waals surface area contributed by atoms with E-state index < -0.39 is 12.1 Å². The predicted octanol–water partition coefficient (Wildman–Crippen LogP) is 5.81. The first-order valence-electron chi connectivity index (χ1n) is 8.25. The van der Waals surface area contributed by atoms with Gasteiger partial charge in [0.1, 0.15) is 24.0 Å². The highest BCUT2D eigenvalue weighted by Crippen LogP contribution is 2.58. The van der Waals surface area contributed by atoms with Gasteiger partial charge in [0, 0.05) is 5.39 Å². The van der Waals surface area contributed by atoms with Gasteiger partial charge in [0.05, 0.1) is 5.56 Å². The maximum atomic E-state index is 14.1. The van der Waals surface area contributed by atoms with Gasteiger partial charge in [-0.1, -0.05) is 48.5 Å². The Morgan fingerprint density at radius 2 is 1.62 bits per heavy atom. The molecule has 0 saturated carbocycles. The third-order valence-corrected chi connectivity index (χ3v) is 5.12. The molecule has 26 heavy (non-hydrogen) atoms. The second-order valence-corrected chi connectivity index (χ2v) is 6.50. The fraction of sp³-hybridized carbons (Fsp3) is 0.143. The van der Waals surface area contributed by atoms with Crippen molar-refractivity contribution in [3.8, 4) is 16.9 Å². The van der Waals surface area contributed by atoms with Crippen LogP contribution in [0.3, 0.4) is 0 Å². The number of ether oxygens (including phenoxy) is 1. The third kappa shape index (κ3) is 1.88. The molecule has 1 N–H and O–H groups in total. The van der Waals surface area contributed by atoms with E-state index in [0.717, 1.165) is 0 Å². The lowest BCUT2D eigenvalue weighted by molar-refractivity contribution is -0.140. The summed E-state index contributed by atoms with van der Waals surface area (Å²) in [5.74, 6) is -1.62. The Morgan fingerprint density at radius 3 is 2.38 bits per heavy atom. The molecule has 1 heterocycles. The first-order chi connectivity index (χ1) is 12.5. The molecule has 0 saturated heterocycles. The zero-order valence-electron chi connectivity index (χ0n) is 13.5. The molecule has 1 unspecified atom stereocenters. The van der Waals surface area contributed by atoms with E-state index >= 15 is 0 Å². The van der Waals surface area contributed by atoms with Gasteiger partial charge in [-0.3, -0.25) is 0 Å². The number of alkyl halides is 3. The maximum absolute atomic E-state index is 14.1. The van der Waals surface area contributed by atoms with Crippen molar-refractivity contribution in [3.63, 3.8) is 0 Å². The summed E-state index contributed by atoms with van der Waals surface area (Å²) in [5, 5.41) is 11.9. The third-order valence-electron chi connectivity index (χ3n) is 5.12. The molecule has 0 bridgehead atoms. The number of benzene rings is 3. The molecule has 1 aliphatic heterocycles. The Hall–Kier alpha value is -2.95. The normalized spacial score (nSPS) is 18.0. The van der Waals surface area contributed by atoms with Gasteiger partial charge in [-0.05, 0) is 33.7 Å². The van der Waals surface area contributed by atoms with E-state index in [2.05, 4.69) is 0 Å². The van der Waals surface area contributed by atoms with Crippen LogP contribution in [-0.4, -0.2) is 17.9 Å². The minimum absolute atomic E-state index is 0.0841. The van der Waals surface area contributed by atoms with Gasteiger partial charge in [-0.25, -0.2) is 0 Å². The van der Waals surface area contributed by atoms with Crippen molar-refractivity contribution in [2.24, 2.45) is 0 Å². The van der Waals surface area contributed by atoms with E-state index in [-0.39, 0.29) is 29.1 Å². The fourth-order valence-electron chi connectivity index (χ4n) is 4.19. The van der Waals surface area contributed by atoms with Crippen LogP contribution in [0.15, 0.2) is 54.6 Å². The van der Waals surface area contributed by atoms with E-state index in [1.165, 1.54) is 12.1 Å². The Morgan fingerprint density at radius 1 is 0.923 bits per heavy atom. The highest BCUT2D eigenvalue weighted by atomic mass is 19.4. The highest BCUT2D eigenvalue weighted by molar-refractivity contribution is 6.08. The van der Waals surface area contributed by atoms with Crippen LogP contribution in [0, 0.1) is 0 Å². The van der Waals surface area contributed by atoms with Crippen LogP contribution in [0.2, 0.25) is 0 Å². The average Bonchev–Trinajstić information content (AvgIpc) is 2.97. The average molecular weight is 354 g/mol. The van der Waals surface area contributed by atoms with Crippen LogP contribution in [0.5, 0.6) is 5.75 Å². The van der Waals surface area contributed by atoms with Crippen molar-refractivity contribution in [1.29, 1.82) is 0 Å². The van der Waals surface area contributed by atoms with Crippen molar-refractivity contribution in [3.05, 3.63) is 71.3 Å². The summed E-state index contributed by atoms with van der Waals surface area (Å²) in [5.41, 5.74) is 1.54. The smallest absolute Gasteiger partial charge is 0.399 e. The second kappa shape index (κ2) is 5.04. The molecule has 0 fully saturated rings. The summed E-state index contributed by atoms with van der Waals surface area (Å²) in [4.78, 5) is 0. The van der Waals surface area contributed by atoms with Crippen LogP contribution in [0.4, 0.5) is 13.2 Å². The van der Waals surface area contributed by atoms with Gasteiger partial charge in [0.2, 0.25) is 0 Å². The molecule has 0 radical (unpaired) electrons. The zero-order chi connectivity index (χ0) is 18.1. The summed E-state index contributed by atoms with van der Waals surface area (Å²) in [7, 11) is 0. The second-order valence-electron chi connectivity index (χ2n) is 6.50. The molecule has 3 aromatic rings. The molecular formula is C21H13F3O2. The van der Waals surface area contributed by atoms with E-state index in [1.54, 1.807) is 24.3 Å². The summed E-state index contributed by atoms with van der Waals surface area (Å²) < 4.78 is 47.9. The Kier molecular flexibility index (Phi) is 2.97. The highest BCUT2D eigenvalue weighted by Gasteiger charge is 2.50. The Balaban J connectivity index is 2.03. The summed E-state index contributed by atoms with van der Waals surface area (Å²) in [6.07, 6.45) is -3.07. The predicted molar refractivity (Wildman–Crippen MR) is 93.4 cm³/mol. The molecule has 130 valence electrons. The minimum atomic E-state index is -4.48. The lowest BCUT2D eigenvalue weighted by Crippen LogP contribution is -2.22. The molecule has 0 amide bonds. The zero-order valence-corrected chi connectivity index (χ0v) is 13.5. The summed E-state index contributed by atoms with van der Waals surface area (Å²) >= 11 is 0. The lowest BCUT2D eigenvalue weighted by Gasteiger charge is -2.25. The van der Waals surface area contributed by atoms with Crippen LogP contribution in [0.25, 0.3) is 27.7 Å². The SMILES string of the molecule is OC1=CCOc2c1c1c(c3ccccc23)-c2ccccc2C1C(F)(F)F. The number of rotatable bonds is 0. The Labute approximate surface area is 147 Å². The molecule has 1 aliphatic carbocycles.